The van der Waals surface area contributed by atoms with Crippen LogP contribution in [0.4, 0.5) is 5.69 Å². The number of carbonyl (C=O) groups is 1. The molecule has 1 atom stereocenters. The molecule has 0 radical (unpaired) electrons. The number of nitrogens with two attached hydrogens (primary N) is 1. The summed E-state index contributed by atoms with van der Waals surface area (Å²) >= 11 is 0. The number of methoxy groups -OCH3 is 2. The van der Waals surface area contributed by atoms with Crippen molar-refractivity contribution >= 4 is 11.7 Å². The Bertz CT molecular complexity index is 939. The number of carbonyl (C=O) groups excluding carboxylic acids is 1. The van der Waals surface area contributed by atoms with Crippen molar-refractivity contribution in [3.05, 3.63) is 40.5 Å². The van der Waals surface area contributed by atoms with Gasteiger partial charge in [-0.1, -0.05) is 0 Å². The molecule has 3 rings (SSSR count). The minimum atomic E-state index is -0.792. The van der Waals surface area contributed by atoms with Gasteiger partial charge >= 0.3 is 5.97 Å². The first-order valence-electron chi connectivity index (χ1n) is 9.93. The van der Waals surface area contributed by atoms with Crippen LogP contribution in [0.1, 0.15) is 38.2 Å². The lowest BCUT2D eigenvalue weighted by atomic mass is 9.82. The Morgan fingerprint density at radius 1 is 1.27 bits per heavy atom. The van der Waals surface area contributed by atoms with Gasteiger partial charge < -0.3 is 29.6 Å². The number of rotatable bonds is 6. The minimum Gasteiger partial charge on any atom is -0.496 e. The number of hydrogen-bond donors (Lipinski definition) is 1. The van der Waals surface area contributed by atoms with Crippen molar-refractivity contribution in [2.75, 3.05) is 38.8 Å². The molecule has 30 heavy (non-hydrogen) atoms. The number of benzene rings is 1. The van der Waals surface area contributed by atoms with Crippen molar-refractivity contribution in [2.24, 2.45) is 5.73 Å². The lowest BCUT2D eigenvalue weighted by Gasteiger charge is -2.29. The summed E-state index contributed by atoms with van der Waals surface area (Å²) < 4.78 is 22.1. The highest BCUT2D eigenvalue weighted by atomic mass is 16.5. The number of nitriles is 1. The molecule has 1 saturated heterocycles. The zero-order chi connectivity index (χ0) is 21.8. The molecule has 2 N–H and O–H groups in total. The number of allylic oxidation sites excluding steroid dienone is 2. The second-order valence-corrected chi connectivity index (χ2v) is 7.08. The molecule has 0 spiro atoms. The molecule has 2 aliphatic rings. The largest absolute Gasteiger partial charge is 0.496 e. The smallest absolute Gasteiger partial charge is 0.338 e. The molecule has 2 heterocycles. The molecule has 1 aromatic carbocycles. The van der Waals surface area contributed by atoms with Crippen LogP contribution in [0.15, 0.2) is 34.9 Å². The Labute approximate surface area is 176 Å². The van der Waals surface area contributed by atoms with Crippen LogP contribution in [-0.2, 0) is 14.3 Å². The molecule has 0 aromatic heterocycles. The third-order valence-electron chi connectivity index (χ3n) is 5.39. The van der Waals surface area contributed by atoms with Crippen LogP contribution in [0.2, 0.25) is 0 Å². The number of nitrogens with zero attached hydrogens (tertiary/aromatic N) is 2. The van der Waals surface area contributed by atoms with Crippen LogP contribution in [-0.4, -0.2) is 39.9 Å². The standard InChI is InChI=1S/C22H27N3O5/c1-5-29-22(26)19-13(2)30-21(24)15(12-23)20(19)14-10-18(28-4)16(11-17(14)27-3)25-8-6-7-9-25/h10-11,20H,5-9,24H2,1-4H3. The highest BCUT2D eigenvalue weighted by molar-refractivity contribution is 5.93. The lowest BCUT2D eigenvalue weighted by Crippen LogP contribution is -2.26. The van der Waals surface area contributed by atoms with Gasteiger partial charge in [0.2, 0.25) is 5.88 Å². The summed E-state index contributed by atoms with van der Waals surface area (Å²) in [7, 11) is 3.15. The molecular formula is C22H27N3O5. The van der Waals surface area contributed by atoms with Gasteiger partial charge in [-0.3, -0.25) is 0 Å². The van der Waals surface area contributed by atoms with Gasteiger partial charge in [0.05, 0.1) is 38.0 Å². The molecule has 0 aliphatic carbocycles. The summed E-state index contributed by atoms with van der Waals surface area (Å²) in [4.78, 5) is 15.0. The highest BCUT2D eigenvalue weighted by Gasteiger charge is 2.38. The van der Waals surface area contributed by atoms with E-state index in [0.29, 0.717) is 22.8 Å². The predicted octanol–water partition coefficient (Wildman–Crippen LogP) is 2.95. The fourth-order valence-electron chi connectivity index (χ4n) is 4.00. The first kappa shape index (κ1) is 21.4. The second kappa shape index (κ2) is 8.99. The molecule has 160 valence electrons. The second-order valence-electron chi connectivity index (χ2n) is 7.08. The van der Waals surface area contributed by atoms with Crippen LogP contribution in [0.3, 0.4) is 0 Å². The average molecular weight is 413 g/mol. The molecule has 1 unspecified atom stereocenters. The molecule has 8 heteroatoms. The fourth-order valence-corrected chi connectivity index (χ4v) is 4.00. The zero-order valence-electron chi connectivity index (χ0n) is 17.8. The van der Waals surface area contributed by atoms with Crippen molar-refractivity contribution in [3.63, 3.8) is 0 Å². The summed E-state index contributed by atoms with van der Waals surface area (Å²) in [6.45, 7) is 5.40. The number of esters is 1. The van der Waals surface area contributed by atoms with Crippen LogP contribution in [0.25, 0.3) is 0 Å². The maximum Gasteiger partial charge on any atom is 0.338 e. The summed E-state index contributed by atoms with van der Waals surface area (Å²) in [5, 5.41) is 9.80. The van der Waals surface area contributed by atoms with Gasteiger partial charge in [0.1, 0.15) is 28.9 Å². The van der Waals surface area contributed by atoms with E-state index in [1.807, 2.05) is 6.07 Å². The number of hydrogen-bond acceptors (Lipinski definition) is 8. The zero-order valence-corrected chi connectivity index (χ0v) is 17.8. The van der Waals surface area contributed by atoms with E-state index >= 15 is 0 Å². The Kier molecular flexibility index (Phi) is 6.40. The molecule has 2 aliphatic heterocycles. The third-order valence-corrected chi connectivity index (χ3v) is 5.39. The Balaban J connectivity index is 2.21. The summed E-state index contributed by atoms with van der Waals surface area (Å²) in [6, 6.07) is 5.78. The SMILES string of the molecule is CCOC(=O)C1=C(C)OC(N)=C(C#N)C1c1cc(OC)c(N2CCCC2)cc1OC. The van der Waals surface area contributed by atoms with Gasteiger partial charge in [0, 0.05) is 24.7 Å². The predicted molar refractivity (Wildman–Crippen MR) is 111 cm³/mol. The van der Waals surface area contributed by atoms with Crippen molar-refractivity contribution in [2.45, 2.75) is 32.6 Å². The molecule has 0 saturated carbocycles. The van der Waals surface area contributed by atoms with E-state index in [9.17, 15) is 10.1 Å². The van der Waals surface area contributed by atoms with E-state index in [-0.39, 0.29) is 23.6 Å². The Morgan fingerprint density at radius 2 is 1.93 bits per heavy atom. The maximum atomic E-state index is 12.8. The van der Waals surface area contributed by atoms with Crippen molar-refractivity contribution in [3.8, 4) is 17.6 Å². The first-order valence-corrected chi connectivity index (χ1v) is 9.93. The van der Waals surface area contributed by atoms with Gasteiger partial charge in [0.25, 0.3) is 0 Å². The van der Waals surface area contributed by atoms with Gasteiger partial charge in [-0.15, -0.1) is 0 Å². The molecule has 8 nitrogen and oxygen atoms in total. The van der Waals surface area contributed by atoms with E-state index in [2.05, 4.69) is 11.0 Å². The first-order chi connectivity index (χ1) is 14.5. The van der Waals surface area contributed by atoms with Crippen molar-refractivity contribution in [1.82, 2.24) is 0 Å². The van der Waals surface area contributed by atoms with Crippen LogP contribution < -0.4 is 20.1 Å². The lowest BCUT2D eigenvalue weighted by molar-refractivity contribution is -0.139. The van der Waals surface area contributed by atoms with E-state index in [1.54, 1.807) is 34.1 Å². The van der Waals surface area contributed by atoms with E-state index in [0.717, 1.165) is 31.6 Å². The summed E-state index contributed by atoms with van der Waals surface area (Å²) in [6.07, 6.45) is 2.22. The van der Waals surface area contributed by atoms with Crippen molar-refractivity contribution < 1.29 is 23.7 Å². The average Bonchev–Trinajstić information content (AvgIpc) is 3.27. The van der Waals surface area contributed by atoms with Crippen LogP contribution >= 0.6 is 0 Å². The molecular weight excluding hydrogens is 386 g/mol. The summed E-state index contributed by atoms with van der Waals surface area (Å²) in [5.74, 6) is 0.0529. The molecule has 0 amide bonds. The van der Waals surface area contributed by atoms with Gasteiger partial charge in [0.15, 0.2) is 0 Å². The number of ether oxygens (including phenoxy) is 4. The van der Waals surface area contributed by atoms with Gasteiger partial charge in [-0.25, -0.2) is 4.79 Å². The van der Waals surface area contributed by atoms with Gasteiger partial charge in [-0.05, 0) is 32.8 Å². The monoisotopic (exact) mass is 413 g/mol. The van der Waals surface area contributed by atoms with Crippen molar-refractivity contribution in [1.29, 1.82) is 5.26 Å². The number of anilines is 1. The van der Waals surface area contributed by atoms with Crippen LogP contribution in [0, 0.1) is 11.3 Å². The highest BCUT2D eigenvalue weighted by Crippen LogP contribution is 2.47. The van der Waals surface area contributed by atoms with Gasteiger partial charge in [-0.2, -0.15) is 5.26 Å². The molecule has 1 aromatic rings. The van der Waals surface area contributed by atoms with Crippen LogP contribution in [0.5, 0.6) is 11.5 Å². The maximum absolute atomic E-state index is 12.8. The quantitative estimate of drug-likeness (QED) is 0.710. The van der Waals surface area contributed by atoms with E-state index < -0.39 is 11.9 Å². The molecule has 1 fully saturated rings. The van der Waals surface area contributed by atoms with E-state index in [1.165, 1.54) is 0 Å². The fraction of sp³-hybridized carbons (Fsp3) is 0.455. The Hall–Kier alpha value is -3.34. The summed E-state index contributed by atoms with van der Waals surface area (Å²) in [5.41, 5.74) is 7.85. The molecule has 0 bridgehead atoms. The minimum absolute atomic E-state index is 0.0438. The normalized spacial score (nSPS) is 18.8. The Morgan fingerprint density at radius 3 is 2.50 bits per heavy atom. The third kappa shape index (κ3) is 3.75. The van der Waals surface area contributed by atoms with E-state index in [4.69, 9.17) is 24.7 Å². The topological polar surface area (TPSA) is 107 Å².